The van der Waals surface area contributed by atoms with E-state index in [-0.39, 0.29) is 87.4 Å². The van der Waals surface area contributed by atoms with E-state index in [2.05, 4.69) is 281 Å². The van der Waals surface area contributed by atoms with E-state index in [0.717, 1.165) is 63.9 Å². The smallest absolute Gasteiger partial charge is 0.127 e. The molecule has 0 saturated heterocycles. The third-order valence-corrected chi connectivity index (χ3v) is 27.7. The highest BCUT2D eigenvalue weighted by Crippen LogP contribution is 2.46. The molecule has 9 aromatic rings. The van der Waals surface area contributed by atoms with Gasteiger partial charge in [0, 0.05) is 75.3 Å². The van der Waals surface area contributed by atoms with Crippen molar-refractivity contribution in [2.75, 3.05) is 68.4 Å². The molecule has 0 amide bonds. The summed E-state index contributed by atoms with van der Waals surface area (Å²) in [6.45, 7) is 21.3. The summed E-state index contributed by atoms with van der Waals surface area (Å²) in [5, 5.41) is 24.1. The van der Waals surface area contributed by atoms with Gasteiger partial charge in [-0.25, -0.2) is 0 Å². The van der Waals surface area contributed by atoms with Gasteiger partial charge in [0.15, 0.2) is 0 Å². The zero-order valence-corrected chi connectivity index (χ0v) is 80.8. The topological polar surface area (TPSA) is 95.8 Å². The van der Waals surface area contributed by atoms with Crippen molar-refractivity contribution in [3.63, 3.8) is 0 Å². The number of rotatable bonds is 66. The Morgan fingerprint density at radius 1 is 0.256 bits per heavy atom. The van der Waals surface area contributed by atoms with Gasteiger partial charge in [0.05, 0.1) is 13.2 Å². The lowest BCUT2D eigenvalue weighted by molar-refractivity contribution is -0.0311. The average Bonchev–Trinajstić information content (AvgIpc) is 0.778. The third-order valence-electron chi connectivity index (χ3n) is 25.0. The van der Waals surface area contributed by atoms with Gasteiger partial charge in [-0.15, -0.1) is 0 Å². The number of ether oxygens (including phenoxy) is 6. The van der Waals surface area contributed by atoms with Gasteiger partial charge in [-0.3, -0.25) is 0 Å². The highest BCUT2D eigenvalue weighted by atomic mass is 32.2. The van der Waals surface area contributed by atoms with Crippen LogP contribution in [0.1, 0.15) is 357 Å². The molecule has 9 aromatic carbocycles. The van der Waals surface area contributed by atoms with Crippen molar-refractivity contribution in [1.82, 2.24) is 0 Å². The van der Waals surface area contributed by atoms with Crippen LogP contribution < -0.4 is 18.9 Å². The first-order valence-electron chi connectivity index (χ1n) is 48.9. The summed E-state index contributed by atoms with van der Waals surface area (Å²) in [4.78, 5) is 0. The molecule has 0 aliphatic carbocycles. The van der Waals surface area contributed by atoms with Crippen molar-refractivity contribution in [1.29, 1.82) is 0 Å². The van der Waals surface area contributed by atoms with Gasteiger partial charge < -0.3 is 38.6 Å². The van der Waals surface area contributed by atoms with Crippen molar-refractivity contribution in [3.8, 4) is 23.0 Å². The molecule has 10 atom stereocenters. The van der Waals surface area contributed by atoms with Gasteiger partial charge in [0.2, 0.25) is 0 Å². The third kappa shape index (κ3) is 39.1. The lowest BCUT2D eigenvalue weighted by Gasteiger charge is -2.27. The van der Waals surface area contributed by atoms with Crippen molar-refractivity contribution in [3.05, 3.63) is 297 Å². The molecule has 682 valence electrons. The molecule has 2 N–H and O–H groups in total. The van der Waals surface area contributed by atoms with Crippen LogP contribution in [0.2, 0.25) is 0 Å². The Bertz CT molecular complexity index is 3780. The second-order valence-corrected chi connectivity index (χ2v) is 38.0. The Hall–Kier alpha value is -6.93. The van der Waals surface area contributed by atoms with Crippen LogP contribution in [-0.2, 0) is 9.47 Å². The minimum atomic E-state index is -0.916. The fourth-order valence-corrected chi connectivity index (χ4v) is 19.0. The molecule has 0 aliphatic heterocycles. The summed E-state index contributed by atoms with van der Waals surface area (Å²) in [6, 6.07) is 81.4. The Morgan fingerprint density at radius 3 is 0.768 bits per heavy atom. The van der Waals surface area contributed by atoms with E-state index < -0.39 is 12.2 Å². The Balaban J connectivity index is 0.00000137. The molecule has 125 heavy (non-hydrogen) atoms. The molecular formula is C114H160O8S3. The largest absolute Gasteiger partial charge is 0.491 e. The molecule has 0 fully saturated rings. The van der Waals surface area contributed by atoms with E-state index in [4.69, 9.17) is 28.4 Å². The molecule has 0 bridgehead atoms. The Labute approximate surface area is 772 Å². The van der Waals surface area contributed by atoms with E-state index in [1.54, 1.807) is 0 Å². The van der Waals surface area contributed by atoms with E-state index in [0.29, 0.717) is 23.0 Å². The molecule has 0 aromatic heterocycles. The maximum atomic E-state index is 12.1. The van der Waals surface area contributed by atoms with Crippen LogP contribution >= 0.6 is 36.2 Å². The summed E-state index contributed by atoms with van der Waals surface area (Å²) < 4.78 is 40.9. The molecule has 0 radical (unpaired) electrons. The van der Waals surface area contributed by atoms with Crippen LogP contribution in [0.4, 0.5) is 0 Å². The van der Waals surface area contributed by atoms with E-state index in [1.165, 1.54) is 224 Å². The maximum absolute atomic E-state index is 12.1. The average molecular weight is 1750 g/mol. The highest BCUT2D eigenvalue weighted by molar-refractivity contribution is 7.99. The van der Waals surface area contributed by atoms with E-state index >= 15 is 0 Å². The predicted octanol–water partition coefficient (Wildman–Crippen LogP) is 31.2. The summed E-state index contributed by atoms with van der Waals surface area (Å²) in [5.74, 6) is 7.84. The van der Waals surface area contributed by atoms with Crippen LogP contribution in [0.15, 0.2) is 231 Å². The van der Waals surface area contributed by atoms with Crippen molar-refractivity contribution in [2.24, 2.45) is 0 Å². The normalized spacial score (nSPS) is 13.9. The quantitative estimate of drug-likeness (QED) is 0.0253. The number of aliphatic hydroxyl groups excluding tert-OH is 2. The van der Waals surface area contributed by atoms with E-state index in [1.807, 2.05) is 47.8 Å². The molecule has 9 rings (SSSR count). The zero-order chi connectivity index (χ0) is 88.5. The van der Waals surface area contributed by atoms with Crippen molar-refractivity contribution in [2.45, 2.75) is 315 Å². The lowest BCUT2D eigenvalue weighted by Crippen LogP contribution is -2.32. The second kappa shape index (κ2) is 63.1. The fraction of sp³-hybridized carbons (Fsp3) is 0.526. The number of hydrogen-bond acceptors (Lipinski definition) is 11. The SMILES string of the molecule is CCCCCCCCCCCCS.CCCCCCCCCCCCSCC(COc1cccc(OCC(CSCCCCCCCCCCCC)OCC(O)COc2c(C(C)c3ccccc3)cc(C(C)c3ccccc3)cc2C(C)c2ccccc2)c1)OCC(O)COc1c(C(C)c2ccccc2)cc(C(C)c2ccccc2)cc1C(C)c1ccccc1. The summed E-state index contributed by atoms with van der Waals surface area (Å²) >= 11 is 8.00. The molecule has 0 saturated carbocycles. The number of hydrogen-bond donors (Lipinski definition) is 3. The van der Waals surface area contributed by atoms with Crippen LogP contribution in [-0.4, -0.2) is 103 Å². The molecule has 0 spiro atoms. The maximum Gasteiger partial charge on any atom is 0.127 e. The second-order valence-electron chi connectivity index (χ2n) is 35.2. The van der Waals surface area contributed by atoms with E-state index in [9.17, 15) is 10.2 Å². The molecule has 0 aliphatic rings. The fourth-order valence-electron chi connectivity index (χ4n) is 16.8. The van der Waals surface area contributed by atoms with Crippen LogP contribution in [0.25, 0.3) is 0 Å². The zero-order valence-electron chi connectivity index (χ0n) is 78.3. The monoisotopic (exact) mass is 1750 g/mol. The first kappa shape index (κ1) is 103. The Kier molecular flexibility index (Phi) is 52.2. The number of unbranched alkanes of at least 4 members (excludes halogenated alkanes) is 27. The summed E-state index contributed by atoms with van der Waals surface area (Å²) in [5.41, 5.74) is 14.1. The summed E-state index contributed by atoms with van der Waals surface area (Å²) in [6.07, 6.45) is 37.7. The van der Waals surface area contributed by atoms with Crippen LogP contribution in [0, 0.1) is 0 Å². The van der Waals surface area contributed by atoms with Crippen molar-refractivity contribution < 1.29 is 38.6 Å². The van der Waals surface area contributed by atoms with Gasteiger partial charge >= 0.3 is 0 Å². The number of thiol groups is 1. The number of aliphatic hydroxyl groups is 2. The first-order valence-corrected chi connectivity index (χ1v) is 51.9. The lowest BCUT2D eigenvalue weighted by atomic mass is 9.81. The van der Waals surface area contributed by atoms with Crippen LogP contribution in [0.5, 0.6) is 23.0 Å². The van der Waals surface area contributed by atoms with Gasteiger partial charge in [-0.05, 0) is 93.2 Å². The highest BCUT2D eigenvalue weighted by Gasteiger charge is 2.29. The van der Waals surface area contributed by atoms with Crippen molar-refractivity contribution >= 4 is 36.2 Å². The molecule has 0 heterocycles. The van der Waals surface area contributed by atoms with Gasteiger partial charge in [0.25, 0.3) is 0 Å². The first-order chi connectivity index (χ1) is 61.3. The minimum absolute atomic E-state index is 0.00815. The minimum Gasteiger partial charge on any atom is -0.491 e. The molecule has 8 nitrogen and oxygen atoms in total. The number of thioether (sulfide) groups is 2. The molecular weight excluding hydrogens is 1590 g/mol. The predicted molar refractivity (Wildman–Crippen MR) is 541 cm³/mol. The summed E-state index contributed by atoms with van der Waals surface area (Å²) in [7, 11) is 0. The standard InChI is InChI=1S/C102H134O8S2.C12H26S/c1-9-11-13-15-17-19-21-23-25-45-62-111-75-95(105-69-91(103)71-109-101-97(79(5)85-52-37-29-38-53-85)64-89(77(3)83-48-33-27-34-49-83)65-98(101)80(6)86-54-39-30-40-55-86)73-107-93-60-47-61-94(68-93)108-74-96(76-112-63-46-26-24-22-20-18-16-14-12-10-2)106-70-92(104)72-110-102-99(81(7)87-56-41-31-42-57-87)66-90(78(4)84-50-35-28-36-51-84)67-100(102)82(8)88-58-43-32-44-59-88;1-2-3-4-5-6-7-8-9-10-11-12-13/h27-44,47-61,64-68,77-82,91-92,95-96,103-104H,9-26,45-46,62-63,69-76H2,1-8H3;13H,2-12H2,1H3. The van der Waals surface area contributed by atoms with Gasteiger partial charge in [0.1, 0.15) is 73.8 Å². The Morgan fingerprint density at radius 2 is 0.504 bits per heavy atom. The van der Waals surface area contributed by atoms with Gasteiger partial charge in [-0.2, -0.15) is 36.2 Å². The number of benzene rings is 9. The van der Waals surface area contributed by atoms with Crippen LogP contribution in [0.3, 0.4) is 0 Å². The molecule has 10 unspecified atom stereocenters. The van der Waals surface area contributed by atoms with Gasteiger partial charge in [-0.1, -0.05) is 448 Å². The molecule has 11 heteroatoms.